The summed E-state index contributed by atoms with van der Waals surface area (Å²) in [5, 5.41) is 26.7. The number of aromatic hydroxyl groups is 1. The Hall–Kier alpha value is -3.07. The van der Waals surface area contributed by atoms with Crippen LogP contribution < -0.4 is 15.4 Å². The van der Waals surface area contributed by atoms with Gasteiger partial charge in [0.15, 0.2) is 28.5 Å². The maximum absolute atomic E-state index is 10.4. The fourth-order valence-electron chi connectivity index (χ4n) is 3.47. The van der Waals surface area contributed by atoms with Crippen molar-refractivity contribution in [3.05, 3.63) is 30.1 Å². The summed E-state index contributed by atoms with van der Waals surface area (Å²) in [7, 11) is 1.52. The van der Waals surface area contributed by atoms with Crippen molar-refractivity contribution in [1.82, 2.24) is 19.5 Å². The topological polar surface area (TPSA) is 117 Å². The Morgan fingerprint density at radius 1 is 1.19 bits per heavy atom. The summed E-state index contributed by atoms with van der Waals surface area (Å²) in [4.78, 5) is 13.9. The molecule has 0 aliphatic rings. The molecule has 1 atom stereocenters. The predicted molar refractivity (Wildman–Crippen MR) is 126 cm³/mol. The highest BCUT2D eigenvalue weighted by Crippen LogP contribution is 2.30. The van der Waals surface area contributed by atoms with Gasteiger partial charge < -0.3 is 30.2 Å². The minimum Gasteiger partial charge on any atom is -0.504 e. The van der Waals surface area contributed by atoms with Gasteiger partial charge in [0, 0.05) is 18.7 Å². The number of hydrogen-bond acceptors (Lipinski definition) is 8. The van der Waals surface area contributed by atoms with Crippen LogP contribution in [0, 0.1) is 5.92 Å². The second-order valence-electron chi connectivity index (χ2n) is 8.21. The number of hydrogen-bond donors (Lipinski definition) is 4. The monoisotopic (exact) mass is 442 g/mol. The summed E-state index contributed by atoms with van der Waals surface area (Å²) < 4.78 is 7.24. The largest absolute Gasteiger partial charge is 0.504 e. The van der Waals surface area contributed by atoms with Gasteiger partial charge in [0.05, 0.1) is 26.1 Å². The Bertz CT molecular complexity index is 1020. The summed E-state index contributed by atoms with van der Waals surface area (Å²) >= 11 is 0. The van der Waals surface area contributed by atoms with Crippen LogP contribution in [0.25, 0.3) is 11.2 Å². The van der Waals surface area contributed by atoms with Crippen molar-refractivity contribution in [1.29, 1.82) is 0 Å². The molecule has 0 bridgehead atoms. The van der Waals surface area contributed by atoms with E-state index in [2.05, 4.69) is 27.5 Å². The summed E-state index contributed by atoms with van der Waals surface area (Å²) in [5.74, 6) is 1.71. The smallest absolute Gasteiger partial charge is 0.227 e. The normalized spacial score (nSPS) is 12.3. The number of aryl methyl sites for hydroxylation is 1. The van der Waals surface area contributed by atoms with Crippen LogP contribution >= 0.6 is 0 Å². The summed E-state index contributed by atoms with van der Waals surface area (Å²) in [6, 6.07) is 5.20. The molecule has 0 radical (unpaired) electrons. The number of imidazole rings is 1. The minimum absolute atomic E-state index is 0.0186. The number of para-hydroxylation sites is 1. The van der Waals surface area contributed by atoms with Crippen LogP contribution in [0.1, 0.15) is 45.6 Å². The standard InChI is InChI=1S/C23H34N6O3/c1-5-6-7-11-29-14-25-19-21(24-12-16-9-8-10-18(32-4)20(16)31)27-23(28-22(19)29)26-17(13-30)15(2)3/h8-10,14-15,17,30-31H,5-7,11-13H2,1-4H3,(H2,24,26,27,28). The van der Waals surface area contributed by atoms with Crippen LogP contribution in [0.2, 0.25) is 0 Å². The van der Waals surface area contributed by atoms with E-state index in [9.17, 15) is 10.2 Å². The van der Waals surface area contributed by atoms with Crippen LogP contribution in [0.15, 0.2) is 24.5 Å². The molecule has 9 heteroatoms. The Balaban J connectivity index is 1.94. The number of methoxy groups -OCH3 is 1. The lowest BCUT2D eigenvalue weighted by Gasteiger charge is -2.20. The third kappa shape index (κ3) is 5.40. The van der Waals surface area contributed by atoms with E-state index in [4.69, 9.17) is 9.72 Å². The van der Waals surface area contributed by atoms with E-state index in [0.29, 0.717) is 35.1 Å². The van der Waals surface area contributed by atoms with Crippen LogP contribution in [0.3, 0.4) is 0 Å². The maximum atomic E-state index is 10.4. The Morgan fingerprint density at radius 3 is 2.69 bits per heavy atom. The van der Waals surface area contributed by atoms with Gasteiger partial charge in [-0.15, -0.1) is 0 Å². The molecule has 32 heavy (non-hydrogen) atoms. The molecule has 1 unspecified atom stereocenters. The van der Waals surface area contributed by atoms with Crippen LogP contribution in [0.5, 0.6) is 11.5 Å². The lowest BCUT2D eigenvalue weighted by atomic mass is 10.1. The van der Waals surface area contributed by atoms with E-state index in [1.807, 2.05) is 30.5 Å². The molecule has 174 valence electrons. The molecule has 0 aliphatic heterocycles. The fraction of sp³-hybridized carbons (Fsp3) is 0.522. The number of ether oxygens (including phenoxy) is 1. The molecule has 3 rings (SSSR count). The number of nitrogens with one attached hydrogen (secondary N) is 2. The molecule has 0 saturated carbocycles. The van der Waals surface area contributed by atoms with Crippen molar-refractivity contribution in [2.45, 2.75) is 59.2 Å². The lowest BCUT2D eigenvalue weighted by molar-refractivity contribution is 0.248. The molecule has 1 aromatic carbocycles. The molecule has 2 heterocycles. The second-order valence-corrected chi connectivity index (χ2v) is 8.21. The average Bonchev–Trinajstić information content (AvgIpc) is 3.19. The van der Waals surface area contributed by atoms with Crippen molar-refractivity contribution in [3.8, 4) is 11.5 Å². The van der Waals surface area contributed by atoms with Gasteiger partial charge in [-0.05, 0) is 18.4 Å². The first-order valence-electron chi connectivity index (χ1n) is 11.2. The molecule has 0 amide bonds. The van der Waals surface area contributed by atoms with Gasteiger partial charge >= 0.3 is 0 Å². The predicted octanol–water partition coefficient (Wildman–Crippen LogP) is 3.77. The zero-order chi connectivity index (χ0) is 23.1. The number of aromatic nitrogens is 4. The number of phenolic OH excluding ortho intramolecular Hbond substituents is 1. The SMILES string of the molecule is CCCCCn1cnc2c(NCc3cccc(OC)c3O)nc(NC(CO)C(C)C)nc21. The number of aliphatic hydroxyl groups is 1. The second kappa shape index (κ2) is 11.0. The highest BCUT2D eigenvalue weighted by Gasteiger charge is 2.18. The van der Waals surface area contributed by atoms with Gasteiger partial charge in [0.25, 0.3) is 0 Å². The average molecular weight is 443 g/mol. The van der Waals surface area contributed by atoms with Gasteiger partial charge in [-0.3, -0.25) is 0 Å². The van der Waals surface area contributed by atoms with Gasteiger partial charge in [-0.25, -0.2) is 4.98 Å². The molecule has 2 aromatic heterocycles. The van der Waals surface area contributed by atoms with Crippen molar-refractivity contribution in [3.63, 3.8) is 0 Å². The van der Waals surface area contributed by atoms with Crippen molar-refractivity contribution >= 4 is 22.9 Å². The van der Waals surface area contributed by atoms with Gasteiger partial charge in [-0.2, -0.15) is 9.97 Å². The van der Waals surface area contributed by atoms with Crippen LogP contribution in [-0.2, 0) is 13.1 Å². The van der Waals surface area contributed by atoms with E-state index >= 15 is 0 Å². The number of benzene rings is 1. The van der Waals surface area contributed by atoms with Crippen molar-refractivity contribution in [2.75, 3.05) is 24.4 Å². The summed E-state index contributed by atoms with van der Waals surface area (Å²) in [6.07, 6.45) is 5.10. The van der Waals surface area contributed by atoms with Gasteiger partial charge in [-0.1, -0.05) is 45.7 Å². The van der Waals surface area contributed by atoms with E-state index in [1.165, 1.54) is 7.11 Å². The summed E-state index contributed by atoms with van der Waals surface area (Å²) in [6.45, 7) is 7.39. The molecular weight excluding hydrogens is 408 g/mol. The van der Waals surface area contributed by atoms with Crippen LogP contribution in [0.4, 0.5) is 11.8 Å². The molecule has 4 N–H and O–H groups in total. The highest BCUT2D eigenvalue weighted by molar-refractivity contribution is 5.84. The first-order chi connectivity index (χ1) is 15.5. The molecule has 0 fully saturated rings. The fourth-order valence-corrected chi connectivity index (χ4v) is 3.47. The third-order valence-electron chi connectivity index (χ3n) is 5.53. The third-order valence-corrected chi connectivity index (χ3v) is 5.53. The Kier molecular flexibility index (Phi) is 8.10. The van der Waals surface area contributed by atoms with Gasteiger partial charge in [0.1, 0.15) is 0 Å². The van der Waals surface area contributed by atoms with E-state index in [1.54, 1.807) is 12.4 Å². The number of phenols is 1. The lowest BCUT2D eigenvalue weighted by Crippen LogP contribution is -2.30. The number of aliphatic hydroxyl groups excluding tert-OH is 1. The zero-order valence-corrected chi connectivity index (χ0v) is 19.3. The maximum Gasteiger partial charge on any atom is 0.227 e. The first-order valence-corrected chi connectivity index (χ1v) is 11.2. The molecule has 9 nitrogen and oxygen atoms in total. The van der Waals surface area contributed by atoms with Crippen molar-refractivity contribution < 1.29 is 14.9 Å². The molecule has 0 spiro atoms. The molecular formula is C23H34N6O3. The molecule has 0 aliphatic carbocycles. The zero-order valence-electron chi connectivity index (χ0n) is 19.3. The van der Waals surface area contributed by atoms with Crippen molar-refractivity contribution in [2.24, 2.45) is 5.92 Å². The van der Waals surface area contributed by atoms with E-state index < -0.39 is 0 Å². The highest BCUT2D eigenvalue weighted by atomic mass is 16.5. The van der Waals surface area contributed by atoms with E-state index in [-0.39, 0.29) is 24.3 Å². The first kappa shape index (κ1) is 23.6. The number of rotatable bonds is 12. The van der Waals surface area contributed by atoms with Gasteiger partial charge in [0.2, 0.25) is 5.95 Å². The number of nitrogens with zero attached hydrogens (tertiary/aromatic N) is 4. The molecule has 3 aromatic rings. The Morgan fingerprint density at radius 2 is 2.00 bits per heavy atom. The number of fused-ring (bicyclic) bond motifs is 1. The minimum atomic E-state index is -0.167. The quantitative estimate of drug-likeness (QED) is 0.313. The van der Waals surface area contributed by atoms with E-state index in [0.717, 1.165) is 31.5 Å². The van der Waals surface area contributed by atoms with Crippen LogP contribution in [-0.4, -0.2) is 49.5 Å². The Labute approximate surface area is 188 Å². The number of anilines is 2. The number of unbranched alkanes of at least 4 members (excludes halogenated alkanes) is 2. The summed E-state index contributed by atoms with van der Waals surface area (Å²) in [5.41, 5.74) is 2.08. The molecule has 0 saturated heterocycles.